The molecule has 0 fully saturated rings. The molecular formula is C14H12F2N2O2. The average Bonchev–Trinajstić information content (AvgIpc) is 2.41. The van der Waals surface area contributed by atoms with E-state index in [4.69, 9.17) is 0 Å². The minimum absolute atomic E-state index is 0.0142. The number of nitrogens with one attached hydrogen (secondary N) is 1. The quantitative estimate of drug-likeness (QED) is 0.683. The summed E-state index contributed by atoms with van der Waals surface area (Å²) in [4.78, 5) is 10.4. The standard InChI is InChI=1S/C14H12F2N2O2/c1-9-13(3-2-4-14(9)18(19)20)17-8-10-5-6-11(15)12(16)7-10/h2-7,17H,8H2,1H3. The molecule has 4 nitrogen and oxygen atoms in total. The summed E-state index contributed by atoms with van der Waals surface area (Å²) < 4.78 is 25.9. The molecule has 0 unspecified atom stereocenters. The molecule has 2 aromatic rings. The van der Waals surface area contributed by atoms with Crippen LogP contribution in [-0.2, 0) is 6.54 Å². The van der Waals surface area contributed by atoms with E-state index < -0.39 is 16.6 Å². The first kappa shape index (κ1) is 13.9. The van der Waals surface area contributed by atoms with Gasteiger partial charge < -0.3 is 5.32 Å². The predicted octanol–water partition coefficient (Wildman–Crippen LogP) is 3.79. The van der Waals surface area contributed by atoms with Crippen LogP contribution in [0.1, 0.15) is 11.1 Å². The normalized spacial score (nSPS) is 10.3. The van der Waals surface area contributed by atoms with Gasteiger partial charge in [-0.2, -0.15) is 0 Å². The Kier molecular flexibility index (Phi) is 3.93. The second-order valence-corrected chi connectivity index (χ2v) is 4.31. The zero-order valence-corrected chi connectivity index (χ0v) is 10.7. The third kappa shape index (κ3) is 2.90. The number of nitrogens with zero attached hydrogens (tertiary/aromatic N) is 1. The maximum Gasteiger partial charge on any atom is 0.274 e. The van der Waals surface area contributed by atoms with Crippen molar-refractivity contribution in [1.29, 1.82) is 0 Å². The van der Waals surface area contributed by atoms with Crippen molar-refractivity contribution in [1.82, 2.24) is 0 Å². The van der Waals surface area contributed by atoms with Crippen LogP contribution in [0.5, 0.6) is 0 Å². The second-order valence-electron chi connectivity index (χ2n) is 4.31. The van der Waals surface area contributed by atoms with Gasteiger partial charge in [-0.05, 0) is 30.7 Å². The van der Waals surface area contributed by atoms with Gasteiger partial charge in [0.1, 0.15) is 0 Å². The van der Waals surface area contributed by atoms with E-state index in [2.05, 4.69) is 5.32 Å². The molecule has 0 bridgehead atoms. The van der Waals surface area contributed by atoms with E-state index in [1.54, 1.807) is 19.1 Å². The first-order valence-electron chi connectivity index (χ1n) is 5.91. The van der Waals surface area contributed by atoms with Crippen molar-refractivity contribution >= 4 is 11.4 Å². The molecule has 104 valence electrons. The zero-order chi connectivity index (χ0) is 14.7. The molecule has 0 aliphatic rings. The molecule has 0 aliphatic carbocycles. The molecule has 0 atom stereocenters. The fourth-order valence-corrected chi connectivity index (χ4v) is 1.86. The second kappa shape index (κ2) is 5.64. The van der Waals surface area contributed by atoms with E-state index in [1.807, 2.05) is 0 Å². The van der Waals surface area contributed by atoms with Crippen LogP contribution < -0.4 is 5.32 Å². The highest BCUT2D eigenvalue weighted by atomic mass is 19.2. The first-order chi connectivity index (χ1) is 9.49. The van der Waals surface area contributed by atoms with Gasteiger partial charge in [-0.25, -0.2) is 8.78 Å². The molecule has 0 aliphatic heterocycles. The molecule has 0 heterocycles. The van der Waals surface area contributed by atoms with E-state index in [0.717, 1.165) is 12.1 Å². The van der Waals surface area contributed by atoms with Gasteiger partial charge in [-0.15, -0.1) is 0 Å². The first-order valence-corrected chi connectivity index (χ1v) is 5.91. The van der Waals surface area contributed by atoms with E-state index >= 15 is 0 Å². The number of rotatable bonds is 4. The lowest BCUT2D eigenvalue weighted by atomic mass is 10.1. The van der Waals surface area contributed by atoms with Gasteiger partial charge in [0.05, 0.1) is 4.92 Å². The van der Waals surface area contributed by atoms with Crippen LogP contribution in [0.15, 0.2) is 36.4 Å². The summed E-state index contributed by atoms with van der Waals surface area (Å²) >= 11 is 0. The number of nitro benzene ring substituents is 1. The highest BCUT2D eigenvalue weighted by Crippen LogP contribution is 2.25. The lowest BCUT2D eigenvalue weighted by Gasteiger charge is -2.10. The van der Waals surface area contributed by atoms with Crippen LogP contribution in [0.2, 0.25) is 0 Å². The third-order valence-electron chi connectivity index (χ3n) is 2.97. The molecule has 0 saturated heterocycles. The van der Waals surface area contributed by atoms with Gasteiger partial charge in [0.25, 0.3) is 5.69 Å². The Labute approximate surface area is 114 Å². The Morgan fingerprint density at radius 2 is 1.95 bits per heavy atom. The van der Waals surface area contributed by atoms with Gasteiger partial charge in [0, 0.05) is 23.9 Å². The Bertz CT molecular complexity index is 660. The van der Waals surface area contributed by atoms with Crippen LogP contribution in [0.4, 0.5) is 20.2 Å². The molecule has 6 heteroatoms. The Balaban J connectivity index is 2.17. The molecule has 0 spiro atoms. The largest absolute Gasteiger partial charge is 0.381 e. The van der Waals surface area contributed by atoms with E-state index in [0.29, 0.717) is 16.8 Å². The smallest absolute Gasteiger partial charge is 0.274 e. The zero-order valence-electron chi connectivity index (χ0n) is 10.7. The fourth-order valence-electron chi connectivity index (χ4n) is 1.86. The number of benzene rings is 2. The lowest BCUT2D eigenvalue weighted by Crippen LogP contribution is -2.03. The summed E-state index contributed by atoms with van der Waals surface area (Å²) in [7, 11) is 0. The van der Waals surface area contributed by atoms with Crippen LogP contribution in [0, 0.1) is 28.7 Å². The van der Waals surface area contributed by atoms with Crippen molar-refractivity contribution in [3.8, 4) is 0 Å². The minimum atomic E-state index is -0.917. The topological polar surface area (TPSA) is 55.2 Å². The Morgan fingerprint density at radius 3 is 2.60 bits per heavy atom. The third-order valence-corrected chi connectivity index (χ3v) is 2.97. The van der Waals surface area contributed by atoms with Crippen molar-refractivity contribution in [3.63, 3.8) is 0 Å². The summed E-state index contributed by atoms with van der Waals surface area (Å²) in [6.45, 7) is 1.88. The molecule has 0 saturated carbocycles. The van der Waals surface area contributed by atoms with E-state index in [1.165, 1.54) is 12.1 Å². The number of hydrogen-bond donors (Lipinski definition) is 1. The molecule has 2 aromatic carbocycles. The van der Waals surface area contributed by atoms with Crippen molar-refractivity contribution < 1.29 is 13.7 Å². The van der Waals surface area contributed by atoms with Crippen molar-refractivity contribution in [2.24, 2.45) is 0 Å². The highest BCUT2D eigenvalue weighted by molar-refractivity contribution is 5.59. The number of nitro groups is 1. The van der Waals surface area contributed by atoms with Gasteiger partial charge in [-0.1, -0.05) is 12.1 Å². The summed E-state index contributed by atoms with van der Waals surface area (Å²) in [5.41, 5.74) is 1.65. The van der Waals surface area contributed by atoms with E-state index in [-0.39, 0.29) is 12.2 Å². The molecule has 0 radical (unpaired) electrons. The molecule has 2 rings (SSSR count). The van der Waals surface area contributed by atoms with Gasteiger partial charge in [0.2, 0.25) is 0 Å². The van der Waals surface area contributed by atoms with Crippen LogP contribution in [0.25, 0.3) is 0 Å². The minimum Gasteiger partial charge on any atom is -0.381 e. The lowest BCUT2D eigenvalue weighted by molar-refractivity contribution is -0.385. The highest BCUT2D eigenvalue weighted by Gasteiger charge is 2.13. The summed E-state index contributed by atoms with van der Waals surface area (Å²) in [5.74, 6) is -1.82. The Hall–Kier alpha value is -2.50. The van der Waals surface area contributed by atoms with Crippen LogP contribution >= 0.6 is 0 Å². The van der Waals surface area contributed by atoms with Gasteiger partial charge in [0.15, 0.2) is 11.6 Å². The van der Waals surface area contributed by atoms with E-state index in [9.17, 15) is 18.9 Å². The van der Waals surface area contributed by atoms with Gasteiger partial charge in [-0.3, -0.25) is 10.1 Å². The molecule has 0 aromatic heterocycles. The van der Waals surface area contributed by atoms with Crippen molar-refractivity contribution in [2.75, 3.05) is 5.32 Å². The van der Waals surface area contributed by atoms with Gasteiger partial charge >= 0.3 is 0 Å². The van der Waals surface area contributed by atoms with Crippen LogP contribution in [-0.4, -0.2) is 4.92 Å². The monoisotopic (exact) mass is 278 g/mol. The summed E-state index contributed by atoms with van der Waals surface area (Å²) in [5, 5.41) is 13.8. The molecular weight excluding hydrogens is 266 g/mol. The summed E-state index contributed by atoms with van der Waals surface area (Å²) in [6, 6.07) is 8.28. The predicted molar refractivity (Wildman–Crippen MR) is 71.5 cm³/mol. The van der Waals surface area contributed by atoms with Crippen LogP contribution in [0.3, 0.4) is 0 Å². The number of halogens is 2. The summed E-state index contributed by atoms with van der Waals surface area (Å²) in [6.07, 6.45) is 0. The Morgan fingerprint density at radius 1 is 1.20 bits per heavy atom. The average molecular weight is 278 g/mol. The SMILES string of the molecule is Cc1c(NCc2ccc(F)c(F)c2)cccc1[N+](=O)[O-]. The van der Waals surface area contributed by atoms with Crippen molar-refractivity contribution in [3.05, 3.63) is 69.3 Å². The number of hydrogen-bond acceptors (Lipinski definition) is 3. The molecule has 1 N–H and O–H groups in total. The number of anilines is 1. The molecule has 0 amide bonds. The molecule has 20 heavy (non-hydrogen) atoms. The maximum atomic E-state index is 13.1. The maximum absolute atomic E-state index is 13.1. The van der Waals surface area contributed by atoms with Crippen molar-refractivity contribution in [2.45, 2.75) is 13.5 Å². The fraction of sp³-hybridized carbons (Fsp3) is 0.143.